The van der Waals surface area contributed by atoms with Crippen LogP contribution in [0, 0.1) is 24.7 Å². The molecule has 0 aromatic heterocycles. The van der Waals surface area contributed by atoms with Gasteiger partial charge in [-0.2, -0.15) is 5.10 Å². The number of hydrogen-bond donors (Lipinski definition) is 1. The van der Waals surface area contributed by atoms with E-state index in [4.69, 9.17) is 14.6 Å². The van der Waals surface area contributed by atoms with Gasteiger partial charge >= 0.3 is 11.9 Å². The van der Waals surface area contributed by atoms with Crippen molar-refractivity contribution in [1.29, 1.82) is 0 Å². The first-order valence-electron chi connectivity index (χ1n) is 16.3. The van der Waals surface area contributed by atoms with Crippen LogP contribution in [0.2, 0.25) is 0 Å². The van der Waals surface area contributed by atoms with Crippen LogP contribution >= 0.6 is 0 Å². The zero-order valence-corrected chi connectivity index (χ0v) is 27.8. The van der Waals surface area contributed by atoms with Crippen molar-refractivity contribution < 1.29 is 23.9 Å². The summed E-state index contributed by atoms with van der Waals surface area (Å²) in [5.41, 5.74) is 6.39. The number of Topliss-reactive ketones (excluding diaryl/α,β-unsaturated/α-hetero) is 1. The van der Waals surface area contributed by atoms with Crippen molar-refractivity contribution >= 4 is 34.8 Å². The van der Waals surface area contributed by atoms with Gasteiger partial charge in [0.15, 0.2) is 5.78 Å². The van der Waals surface area contributed by atoms with Gasteiger partial charge in [-0.05, 0) is 68.7 Å². The van der Waals surface area contributed by atoms with E-state index in [1.165, 1.54) is 0 Å². The monoisotopic (exact) mass is 634 g/mol. The number of ether oxygens (including phenoxy) is 2. The molecule has 0 spiro atoms. The Balaban J connectivity index is 1.62. The standard InChI is InChI=1S/C38H42N4O5/c1-7-46-37(44)31-29(24-12-10-9-11-13-24)33(38(45)47-8-2)35(43)32-30(31)28-23(4)40-42(27-18-14-22(3)15-19-27)36(28)39-34(32)25-16-20-26(21-17-25)41(5)6/h9-21,28-29,31,33-34,36,39H,7-8H2,1-6H3/t28-,29+,31-,33+,34-,36+/m1/s1. The molecule has 0 unspecified atom stereocenters. The summed E-state index contributed by atoms with van der Waals surface area (Å²) in [5.74, 6) is -4.88. The number of hydrogen-bond acceptors (Lipinski definition) is 9. The zero-order chi connectivity index (χ0) is 33.4. The molecular formula is C38H42N4O5. The highest BCUT2D eigenvalue weighted by molar-refractivity contribution is 6.14. The highest BCUT2D eigenvalue weighted by Crippen LogP contribution is 2.54. The molecule has 0 amide bonds. The molecule has 47 heavy (non-hydrogen) atoms. The number of anilines is 2. The van der Waals surface area contributed by atoms with Crippen molar-refractivity contribution in [1.82, 2.24) is 5.32 Å². The lowest BCUT2D eigenvalue weighted by atomic mass is 9.59. The van der Waals surface area contributed by atoms with Crippen LogP contribution in [-0.4, -0.2) is 56.9 Å². The minimum Gasteiger partial charge on any atom is -0.466 e. The Hall–Kier alpha value is -4.76. The van der Waals surface area contributed by atoms with Crippen LogP contribution in [0.15, 0.2) is 95.1 Å². The maximum absolute atomic E-state index is 15.0. The molecule has 0 saturated carbocycles. The summed E-state index contributed by atoms with van der Waals surface area (Å²) < 4.78 is 11.3. The molecule has 6 rings (SSSR count). The number of fused-ring (bicyclic) bond motifs is 2. The molecule has 0 bridgehead atoms. The molecular weight excluding hydrogens is 592 g/mol. The van der Waals surface area contributed by atoms with E-state index in [-0.39, 0.29) is 19.0 Å². The molecule has 244 valence electrons. The summed E-state index contributed by atoms with van der Waals surface area (Å²) in [6.07, 6.45) is -0.407. The van der Waals surface area contributed by atoms with Gasteiger partial charge in [-0.3, -0.25) is 19.7 Å². The Morgan fingerprint density at radius 3 is 2.04 bits per heavy atom. The van der Waals surface area contributed by atoms with Crippen molar-refractivity contribution in [2.45, 2.75) is 45.8 Å². The molecule has 3 aromatic rings. The maximum atomic E-state index is 15.0. The Kier molecular flexibility index (Phi) is 9.01. The number of carbonyl (C=O) groups excluding carboxylic acids is 3. The Morgan fingerprint density at radius 2 is 1.45 bits per heavy atom. The molecule has 0 radical (unpaired) electrons. The number of esters is 2. The normalized spacial score (nSPS) is 25.1. The van der Waals surface area contributed by atoms with Crippen molar-refractivity contribution in [2.24, 2.45) is 22.9 Å². The quantitative estimate of drug-likeness (QED) is 0.254. The SMILES string of the molecule is CCOC(=O)[C@@H]1C(=O)C2=C([C@H](C(=O)OCC)[C@@H]1c1ccccc1)[C@H]1C(C)=NN(c3ccc(C)cc3)[C@@H]1N[C@@H]2c1ccc(N(C)C)cc1. The first-order valence-corrected chi connectivity index (χ1v) is 16.3. The summed E-state index contributed by atoms with van der Waals surface area (Å²) >= 11 is 0. The third-order valence-corrected chi connectivity index (χ3v) is 9.48. The maximum Gasteiger partial charge on any atom is 0.317 e. The predicted octanol–water partition coefficient (Wildman–Crippen LogP) is 5.57. The summed E-state index contributed by atoms with van der Waals surface area (Å²) in [6.45, 7) is 7.72. The van der Waals surface area contributed by atoms with Crippen LogP contribution in [0.25, 0.3) is 0 Å². The number of ketones is 1. The second kappa shape index (κ2) is 13.2. The summed E-state index contributed by atoms with van der Waals surface area (Å²) in [5, 5.41) is 10.7. The van der Waals surface area contributed by atoms with Gasteiger partial charge in [0.1, 0.15) is 12.1 Å². The van der Waals surface area contributed by atoms with Gasteiger partial charge in [0.25, 0.3) is 0 Å². The van der Waals surface area contributed by atoms with E-state index in [9.17, 15) is 9.59 Å². The van der Waals surface area contributed by atoms with Crippen molar-refractivity contribution in [2.75, 3.05) is 37.2 Å². The van der Waals surface area contributed by atoms with Gasteiger partial charge in [-0.15, -0.1) is 0 Å². The molecule has 9 heteroatoms. The Labute approximate surface area is 276 Å². The van der Waals surface area contributed by atoms with Crippen LogP contribution < -0.4 is 15.2 Å². The molecule has 1 aliphatic carbocycles. The number of carbonyl (C=O) groups is 3. The van der Waals surface area contributed by atoms with E-state index in [2.05, 4.69) is 5.32 Å². The fourth-order valence-electron chi connectivity index (χ4n) is 7.37. The first kappa shape index (κ1) is 32.2. The third kappa shape index (κ3) is 5.73. The van der Waals surface area contributed by atoms with Gasteiger partial charge in [0.05, 0.1) is 36.8 Å². The van der Waals surface area contributed by atoms with Gasteiger partial charge < -0.3 is 14.4 Å². The second-order valence-electron chi connectivity index (χ2n) is 12.6. The number of hydrazone groups is 1. The van der Waals surface area contributed by atoms with Gasteiger partial charge in [-0.1, -0.05) is 60.2 Å². The smallest absolute Gasteiger partial charge is 0.317 e. The lowest BCUT2D eigenvalue weighted by Gasteiger charge is -2.47. The van der Waals surface area contributed by atoms with E-state index in [0.29, 0.717) is 16.7 Å². The third-order valence-electron chi connectivity index (χ3n) is 9.48. The van der Waals surface area contributed by atoms with E-state index < -0.39 is 47.8 Å². The highest BCUT2D eigenvalue weighted by atomic mass is 16.5. The Morgan fingerprint density at radius 1 is 0.830 bits per heavy atom. The zero-order valence-electron chi connectivity index (χ0n) is 27.8. The molecule has 2 heterocycles. The topological polar surface area (TPSA) is 101 Å². The summed E-state index contributed by atoms with van der Waals surface area (Å²) in [6, 6.07) is 24.8. The van der Waals surface area contributed by atoms with E-state index >= 15 is 4.79 Å². The van der Waals surface area contributed by atoms with Gasteiger partial charge in [-0.25, -0.2) is 5.01 Å². The fourth-order valence-corrected chi connectivity index (χ4v) is 7.37. The number of aryl methyl sites for hydroxylation is 1. The van der Waals surface area contributed by atoms with Crippen molar-refractivity contribution in [3.05, 3.63) is 107 Å². The molecule has 2 aliphatic heterocycles. The predicted molar refractivity (Wildman–Crippen MR) is 182 cm³/mol. The number of benzene rings is 3. The van der Waals surface area contributed by atoms with E-state index in [1.54, 1.807) is 13.8 Å². The van der Waals surface area contributed by atoms with Crippen LogP contribution in [0.1, 0.15) is 49.4 Å². The van der Waals surface area contributed by atoms with Crippen molar-refractivity contribution in [3.63, 3.8) is 0 Å². The molecule has 3 aliphatic rings. The minimum atomic E-state index is -1.24. The molecule has 3 aromatic carbocycles. The van der Waals surface area contributed by atoms with Crippen LogP contribution in [0.4, 0.5) is 11.4 Å². The number of rotatable bonds is 8. The average molecular weight is 635 g/mol. The van der Waals surface area contributed by atoms with Crippen LogP contribution in [-0.2, 0) is 23.9 Å². The lowest BCUT2D eigenvalue weighted by Crippen LogP contribution is -2.57. The first-order chi connectivity index (χ1) is 22.7. The molecule has 1 N–H and O–H groups in total. The summed E-state index contributed by atoms with van der Waals surface area (Å²) in [7, 11) is 3.94. The van der Waals surface area contributed by atoms with Crippen LogP contribution in [0.5, 0.6) is 0 Å². The minimum absolute atomic E-state index is 0.107. The lowest BCUT2D eigenvalue weighted by molar-refractivity contribution is -0.156. The molecule has 6 atom stereocenters. The molecule has 0 fully saturated rings. The fraction of sp³-hybridized carbons (Fsp3) is 0.368. The van der Waals surface area contributed by atoms with Gasteiger partial charge in [0, 0.05) is 37.0 Å². The largest absolute Gasteiger partial charge is 0.466 e. The van der Waals surface area contributed by atoms with Crippen LogP contribution in [0.3, 0.4) is 0 Å². The number of nitrogens with zero attached hydrogens (tertiary/aromatic N) is 3. The van der Waals surface area contributed by atoms with Gasteiger partial charge in [0.2, 0.25) is 0 Å². The summed E-state index contributed by atoms with van der Waals surface area (Å²) in [4.78, 5) is 45.2. The van der Waals surface area contributed by atoms with E-state index in [1.807, 2.05) is 117 Å². The van der Waals surface area contributed by atoms with Crippen molar-refractivity contribution in [3.8, 4) is 0 Å². The second-order valence-corrected chi connectivity index (χ2v) is 12.6. The molecule has 0 saturated heterocycles. The molecule has 9 nitrogen and oxygen atoms in total. The number of nitrogens with one attached hydrogen (secondary N) is 1. The van der Waals surface area contributed by atoms with E-state index in [0.717, 1.165) is 28.2 Å². The average Bonchev–Trinajstić information content (AvgIpc) is 3.40. The Bertz CT molecular complexity index is 1710. The highest BCUT2D eigenvalue weighted by Gasteiger charge is 2.59.